The lowest BCUT2D eigenvalue weighted by Crippen LogP contribution is -2.52. The molecule has 11 heteroatoms. The van der Waals surface area contributed by atoms with Crippen LogP contribution < -0.4 is 5.32 Å². The van der Waals surface area contributed by atoms with E-state index in [4.69, 9.17) is 11.6 Å². The van der Waals surface area contributed by atoms with E-state index in [0.717, 1.165) is 12.1 Å². The Kier molecular flexibility index (Phi) is 7.02. The number of halogens is 3. The first kappa shape index (κ1) is 26.7. The summed E-state index contributed by atoms with van der Waals surface area (Å²) in [7, 11) is -4.03. The van der Waals surface area contributed by atoms with Crippen LogP contribution in [0, 0.1) is 23.5 Å². The van der Waals surface area contributed by atoms with Gasteiger partial charge in [-0.15, -0.1) is 0 Å². The fraction of sp³-hybridized carbons (Fsp3) is 0.333. The topological polar surface area (TPSA) is 117 Å². The largest absolute Gasteiger partial charge is 0.386 e. The molecule has 3 aromatic rings. The molecular weight excluding hydrogens is 538 g/mol. The summed E-state index contributed by atoms with van der Waals surface area (Å²) < 4.78 is 54.2. The summed E-state index contributed by atoms with van der Waals surface area (Å²) >= 11 is 6.28. The van der Waals surface area contributed by atoms with E-state index >= 15 is 0 Å². The Morgan fingerprint density at radius 3 is 2.39 bits per heavy atom. The van der Waals surface area contributed by atoms with Gasteiger partial charge in [0.1, 0.15) is 11.7 Å². The van der Waals surface area contributed by atoms with Crippen molar-refractivity contribution in [3.05, 3.63) is 88.7 Å². The van der Waals surface area contributed by atoms with Crippen LogP contribution in [0.2, 0.25) is 5.02 Å². The van der Waals surface area contributed by atoms with Gasteiger partial charge in [0, 0.05) is 23.5 Å². The third kappa shape index (κ3) is 4.59. The minimum absolute atomic E-state index is 0.00265. The van der Waals surface area contributed by atoms with Crippen molar-refractivity contribution in [2.75, 3.05) is 5.32 Å². The number of nitrogens with zero attached hydrogens (tertiary/aromatic N) is 1. The maximum Gasteiger partial charge on any atom is 0.255 e. The predicted octanol–water partition coefficient (Wildman–Crippen LogP) is 4.69. The Hall–Kier alpha value is -2.92. The first-order chi connectivity index (χ1) is 18.0. The molecule has 1 heterocycles. The molecule has 200 valence electrons. The number of aliphatic hydroxyl groups is 2. The highest BCUT2D eigenvalue weighted by Crippen LogP contribution is 2.56. The number of benzene rings is 2. The number of fused-ring (bicyclic) bond motifs is 2. The van der Waals surface area contributed by atoms with E-state index in [2.05, 4.69) is 10.3 Å². The van der Waals surface area contributed by atoms with E-state index in [1.807, 2.05) is 0 Å². The lowest BCUT2D eigenvalue weighted by molar-refractivity contribution is -0.145. The second-order valence-electron chi connectivity index (χ2n) is 9.88. The number of carbonyl (C=O) groups excluding carboxylic acids is 1. The molecule has 0 saturated heterocycles. The molecule has 2 bridgehead atoms. The molecule has 3 N–H and O–H groups in total. The number of aliphatic hydroxyl groups excluding tert-OH is 1. The number of hydrogen-bond donors (Lipinski definition) is 3. The third-order valence-electron chi connectivity index (χ3n) is 7.79. The van der Waals surface area contributed by atoms with Crippen LogP contribution >= 0.6 is 11.6 Å². The number of amides is 1. The lowest BCUT2D eigenvalue weighted by Gasteiger charge is -2.45. The Morgan fingerprint density at radius 2 is 1.76 bits per heavy atom. The van der Waals surface area contributed by atoms with E-state index in [-0.39, 0.29) is 34.0 Å². The fourth-order valence-corrected chi connectivity index (χ4v) is 8.24. The Bertz CT molecular complexity index is 1470. The molecule has 2 aromatic carbocycles. The van der Waals surface area contributed by atoms with Crippen LogP contribution in [0.1, 0.15) is 47.8 Å². The van der Waals surface area contributed by atoms with Crippen LogP contribution in [-0.4, -0.2) is 40.4 Å². The van der Waals surface area contributed by atoms with Crippen LogP contribution in [0.25, 0.3) is 0 Å². The molecule has 5 rings (SSSR count). The highest BCUT2D eigenvalue weighted by Gasteiger charge is 2.59. The summed E-state index contributed by atoms with van der Waals surface area (Å²) in [6.45, 7) is 0. The van der Waals surface area contributed by atoms with Gasteiger partial charge in [0.15, 0.2) is 21.5 Å². The number of nitrogens with one attached hydrogen (secondary N) is 1. The number of hydrogen-bond acceptors (Lipinski definition) is 6. The highest BCUT2D eigenvalue weighted by atomic mass is 35.5. The molecule has 1 amide bonds. The molecule has 2 fully saturated rings. The summed E-state index contributed by atoms with van der Waals surface area (Å²) in [6.07, 6.45) is 1.61. The van der Waals surface area contributed by atoms with Gasteiger partial charge in [-0.3, -0.25) is 9.78 Å². The zero-order valence-corrected chi connectivity index (χ0v) is 21.6. The van der Waals surface area contributed by atoms with Gasteiger partial charge >= 0.3 is 0 Å². The normalized spacial score (nSPS) is 25.7. The van der Waals surface area contributed by atoms with Crippen molar-refractivity contribution in [1.82, 2.24) is 4.98 Å². The molecule has 1 unspecified atom stereocenters. The average Bonchev–Trinajstić information content (AvgIpc) is 3.06. The van der Waals surface area contributed by atoms with Crippen molar-refractivity contribution in [2.45, 2.75) is 47.5 Å². The van der Waals surface area contributed by atoms with Crippen molar-refractivity contribution in [2.24, 2.45) is 11.8 Å². The molecule has 0 aliphatic heterocycles. The summed E-state index contributed by atoms with van der Waals surface area (Å²) in [6, 6.07) is 11.7. The number of aromatic nitrogens is 1. The van der Waals surface area contributed by atoms with Crippen molar-refractivity contribution in [1.29, 1.82) is 0 Å². The molecule has 2 aliphatic carbocycles. The monoisotopic (exact) mass is 562 g/mol. The first-order valence-corrected chi connectivity index (χ1v) is 14.1. The van der Waals surface area contributed by atoms with Gasteiger partial charge in [-0.1, -0.05) is 17.7 Å². The third-order valence-corrected chi connectivity index (χ3v) is 10.4. The fourth-order valence-electron chi connectivity index (χ4n) is 5.84. The summed E-state index contributed by atoms with van der Waals surface area (Å²) in [5.41, 5.74) is -1.20. The number of anilines is 1. The summed E-state index contributed by atoms with van der Waals surface area (Å²) in [5.74, 6) is -3.87. The van der Waals surface area contributed by atoms with Gasteiger partial charge in [-0.2, -0.15) is 0 Å². The molecule has 2 aliphatic rings. The van der Waals surface area contributed by atoms with E-state index in [0.29, 0.717) is 18.5 Å². The molecule has 0 radical (unpaired) electrons. The Morgan fingerprint density at radius 1 is 1.05 bits per heavy atom. The van der Waals surface area contributed by atoms with Gasteiger partial charge in [0.2, 0.25) is 0 Å². The van der Waals surface area contributed by atoms with Crippen LogP contribution in [0.5, 0.6) is 0 Å². The standard InChI is InChI=1S/C27H25ClF2N2O5S/c28-20-8-4-15(26(34)32-18-7-9-21(29)22(30)14-18)11-24(20)38(36,37)19-12-16-5-6-17(13-19)27(16,35)25(33)23-3-1-2-10-31-23/h1-4,7-11,14,16-17,19,25,33,35H,5-6,12-13H2,(H,32,34)/t16-,17?,19-,25-,27-/m0/s1. The van der Waals surface area contributed by atoms with Crippen molar-refractivity contribution >= 4 is 33.0 Å². The van der Waals surface area contributed by atoms with Crippen LogP contribution in [0.15, 0.2) is 65.7 Å². The maximum absolute atomic E-state index is 13.7. The molecule has 5 atom stereocenters. The molecule has 2 saturated carbocycles. The second-order valence-corrected chi connectivity index (χ2v) is 12.5. The zero-order chi connectivity index (χ0) is 27.2. The smallest absolute Gasteiger partial charge is 0.255 e. The number of sulfone groups is 1. The van der Waals surface area contributed by atoms with Crippen molar-refractivity contribution in [3.63, 3.8) is 0 Å². The highest BCUT2D eigenvalue weighted by molar-refractivity contribution is 7.92. The van der Waals surface area contributed by atoms with Crippen molar-refractivity contribution in [3.8, 4) is 0 Å². The van der Waals surface area contributed by atoms with Gasteiger partial charge in [0.05, 0.1) is 20.9 Å². The van der Waals surface area contributed by atoms with Gasteiger partial charge in [-0.25, -0.2) is 17.2 Å². The Balaban J connectivity index is 1.39. The second kappa shape index (κ2) is 10.00. The van der Waals surface area contributed by atoms with Crippen LogP contribution in [-0.2, 0) is 9.84 Å². The molecule has 7 nitrogen and oxygen atoms in total. The predicted molar refractivity (Wildman–Crippen MR) is 136 cm³/mol. The van der Waals surface area contributed by atoms with Gasteiger partial charge in [0.25, 0.3) is 5.91 Å². The Labute approximate surface area is 223 Å². The van der Waals surface area contributed by atoms with Crippen LogP contribution in [0.3, 0.4) is 0 Å². The van der Waals surface area contributed by atoms with E-state index in [1.54, 1.807) is 18.2 Å². The maximum atomic E-state index is 13.7. The van der Waals surface area contributed by atoms with E-state index in [1.165, 1.54) is 30.5 Å². The molecule has 1 aromatic heterocycles. The first-order valence-electron chi connectivity index (χ1n) is 12.1. The average molecular weight is 563 g/mol. The van der Waals surface area contributed by atoms with E-state index < -0.39 is 56.2 Å². The van der Waals surface area contributed by atoms with Gasteiger partial charge < -0.3 is 15.5 Å². The minimum Gasteiger partial charge on any atom is -0.386 e. The quantitative estimate of drug-likeness (QED) is 0.401. The summed E-state index contributed by atoms with van der Waals surface area (Å²) in [5, 5.41) is 24.1. The number of rotatable bonds is 6. The van der Waals surface area contributed by atoms with E-state index in [9.17, 15) is 32.2 Å². The molecule has 38 heavy (non-hydrogen) atoms. The number of pyridine rings is 1. The zero-order valence-electron chi connectivity index (χ0n) is 20.0. The van der Waals surface area contributed by atoms with Crippen molar-refractivity contribution < 1.29 is 32.2 Å². The minimum atomic E-state index is -4.03. The lowest BCUT2D eigenvalue weighted by atomic mass is 9.70. The molecule has 0 spiro atoms. The van der Waals surface area contributed by atoms with Gasteiger partial charge in [-0.05, 0) is 80.0 Å². The SMILES string of the molecule is O=C(Nc1ccc(F)c(F)c1)c1ccc(Cl)c(S(=O)(=O)[C@@H]2CC3CC[C@@H](C2)[C@@]3(O)[C@@H](O)c2ccccn2)c1. The van der Waals surface area contributed by atoms with Crippen LogP contribution in [0.4, 0.5) is 14.5 Å². The summed E-state index contributed by atoms with van der Waals surface area (Å²) in [4.78, 5) is 16.7. The number of carbonyl (C=O) groups is 1. The molecular formula is C27H25ClF2N2O5S.